The molecule has 7 unspecified atom stereocenters. The molecule has 0 aliphatic heterocycles. The molecule has 0 spiro atoms. The van der Waals surface area contributed by atoms with Crippen molar-refractivity contribution in [3.05, 3.63) is 0 Å². The summed E-state index contributed by atoms with van der Waals surface area (Å²) in [5.74, 6) is 5.14. The SMILES string of the molecule is CC.CCCC1(C)C(CC)CCC2C3CCC(C)C3(C)CCC21. The molecule has 0 aromatic rings. The van der Waals surface area contributed by atoms with Gasteiger partial charge in [-0.3, -0.25) is 0 Å². The molecule has 0 heteroatoms. The smallest absolute Gasteiger partial charge is 0.0267 e. The van der Waals surface area contributed by atoms with Crippen molar-refractivity contribution in [2.24, 2.45) is 40.4 Å². The van der Waals surface area contributed by atoms with Gasteiger partial charge in [-0.05, 0) is 85.4 Å². The summed E-state index contributed by atoms with van der Waals surface area (Å²) in [5, 5.41) is 0. The van der Waals surface area contributed by atoms with Gasteiger partial charge >= 0.3 is 0 Å². The van der Waals surface area contributed by atoms with Crippen LogP contribution in [0.25, 0.3) is 0 Å². The van der Waals surface area contributed by atoms with Gasteiger partial charge < -0.3 is 0 Å². The van der Waals surface area contributed by atoms with E-state index in [1.54, 1.807) is 6.42 Å². The molecule has 3 aliphatic carbocycles. The van der Waals surface area contributed by atoms with E-state index in [0.29, 0.717) is 10.8 Å². The van der Waals surface area contributed by atoms with E-state index in [1.165, 1.54) is 51.4 Å². The van der Waals surface area contributed by atoms with E-state index in [9.17, 15) is 0 Å². The predicted octanol–water partition coefficient (Wildman–Crippen LogP) is 7.72. The maximum absolute atomic E-state index is 2.68. The van der Waals surface area contributed by atoms with E-state index in [4.69, 9.17) is 0 Å². The highest BCUT2D eigenvalue weighted by atomic mass is 14.6. The molecule has 23 heavy (non-hydrogen) atoms. The summed E-state index contributed by atoms with van der Waals surface area (Å²) in [7, 11) is 0. The third kappa shape index (κ3) is 3.02. The topological polar surface area (TPSA) is 0 Å². The maximum atomic E-state index is 2.68. The second-order valence-corrected chi connectivity index (χ2v) is 9.34. The summed E-state index contributed by atoms with van der Waals surface area (Å²) in [6.07, 6.45) is 13.5. The van der Waals surface area contributed by atoms with Crippen molar-refractivity contribution in [3.63, 3.8) is 0 Å². The molecule has 0 aromatic carbocycles. The fourth-order valence-electron chi connectivity index (χ4n) is 7.40. The van der Waals surface area contributed by atoms with Gasteiger partial charge in [0, 0.05) is 0 Å². The van der Waals surface area contributed by atoms with Crippen LogP contribution in [0.2, 0.25) is 0 Å². The molecule has 3 fully saturated rings. The van der Waals surface area contributed by atoms with Crippen molar-refractivity contribution in [1.82, 2.24) is 0 Å². The van der Waals surface area contributed by atoms with Gasteiger partial charge in [0.15, 0.2) is 0 Å². The van der Waals surface area contributed by atoms with Gasteiger partial charge in [0.1, 0.15) is 0 Å². The Hall–Kier alpha value is 0. The Balaban J connectivity index is 0.000000924. The van der Waals surface area contributed by atoms with Gasteiger partial charge in [-0.2, -0.15) is 0 Å². The minimum Gasteiger partial charge on any atom is -0.0683 e. The van der Waals surface area contributed by atoms with Crippen LogP contribution in [0.5, 0.6) is 0 Å². The van der Waals surface area contributed by atoms with E-state index in [1.807, 2.05) is 13.8 Å². The van der Waals surface area contributed by atoms with Crippen molar-refractivity contribution in [1.29, 1.82) is 0 Å². The Bertz CT molecular complexity index is 372. The molecule has 0 heterocycles. The number of hydrogen-bond donors (Lipinski definition) is 0. The Morgan fingerprint density at radius 2 is 1.57 bits per heavy atom. The quantitative estimate of drug-likeness (QED) is 0.499. The molecule has 0 saturated heterocycles. The highest BCUT2D eigenvalue weighted by Gasteiger charge is 2.57. The van der Waals surface area contributed by atoms with Crippen LogP contribution in [-0.4, -0.2) is 0 Å². The molecule has 0 radical (unpaired) electrons. The second kappa shape index (κ2) is 7.49. The molecule has 0 amide bonds. The van der Waals surface area contributed by atoms with Crippen molar-refractivity contribution >= 4 is 0 Å². The summed E-state index contributed by atoms with van der Waals surface area (Å²) in [6, 6.07) is 0. The Kier molecular flexibility index (Phi) is 6.29. The summed E-state index contributed by atoms with van der Waals surface area (Å²) in [4.78, 5) is 0. The molecule has 0 N–H and O–H groups in total. The number of fused-ring (bicyclic) bond motifs is 3. The highest BCUT2D eigenvalue weighted by molar-refractivity contribution is 5.07. The van der Waals surface area contributed by atoms with Crippen LogP contribution in [0.15, 0.2) is 0 Å². The zero-order chi connectivity index (χ0) is 17.3. The van der Waals surface area contributed by atoms with Gasteiger partial charge in [0.05, 0.1) is 0 Å². The first-order chi connectivity index (χ1) is 11.0. The third-order valence-electron chi connectivity index (χ3n) is 8.82. The van der Waals surface area contributed by atoms with Crippen LogP contribution in [0.3, 0.4) is 0 Å². The van der Waals surface area contributed by atoms with Crippen LogP contribution in [-0.2, 0) is 0 Å². The highest BCUT2D eigenvalue weighted by Crippen LogP contribution is 2.66. The van der Waals surface area contributed by atoms with Gasteiger partial charge in [0.25, 0.3) is 0 Å². The molecule has 3 rings (SSSR count). The minimum absolute atomic E-state index is 0.652. The van der Waals surface area contributed by atoms with Crippen LogP contribution in [0, 0.1) is 40.4 Å². The molecule has 3 aliphatic rings. The Labute approximate surface area is 147 Å². The first-order valence-corrected chi connectivity index (χ1v) is 11.0. The van der Waals surface area contributed by atoms with E-state index >= 15 is 0 Å². The van der Waals surface area contributed by atoms with Crippen LogP contribution >= 0.6 is 0 Å². The first kappa shape index (κ1) is 19.3. The summed E-state index contributed by atoms with van der Waals surface area (Å²) >= 11 is 0. The summed E-state index contributed by atoms with van der Waals surface area (Å²) in [5.41, 5.74) is 1.34. The molecule has 136 valence electrons. The number of rotatable bonds is 3. The molecule has 0 aromatic heterocycles. The minimum atomic E-state index is 0.652. The lowest BCUT2D eigenvalue weighted by Gasteiger charge is -2.59. The fourth-order valence-corrected chi connectivity index (χ4v) is 7.40. The van der Waals surface area contributed by atoms with E-state index in [2.05, 4.69) is 34.6 Å². The lowest BCUT2D eigenvalue weighted by molar-refractivity contribution is -0.0988. The van der Waals surface area contributed by atoms with Gasteiger partial charge in [-0.15, -0.1) is 0 Å². The van der Waals surface area contributed by atoms with Crippen molar-refractivity contribution in [3.8, 4) is 0 Å². The van der Waals surface area contributed by atoms with E-state index in [0.717, 1.165) is 29.6 Å². The monoisotopic (exact) mass is 320 g/mol. The molecule has 0 bridgehead atoms. The van der Waals surface area contributed by atoms with Gasteiger partial charge in [0.2, 0.25) is 0 Å². The number of hydrogen-bond acceptors (Lipinski definition) is 0. The maximum Gasteiger partial charge on any atom is -0.0267 e. The van der Waals surface area contributed by atoms with Crippen LogP contribution < -0.4 is 0 Å². The Morgan fingerprint density at radius 3 is 2.17 bits per heavy atom. The van der Waals surface area contributed by atoms with Crippen molar-refractivity contribution in [2.75, 3.05) is 0 Å². The lowest BCUT2D eigenvalue weighted by Crippen LogP contribution is -2.51. The lowest BCUT2D eigenvalue weighted by atomic mass is 9.46. The Morgan fingerprint density at radius 1 is 0.870 bits per heavy atom. The fraction of sp³-hybridized carbons (Fsp3) is 1.00. The zero-order valence-electron chi connectivity index (χ0n) is 17.3. The van der Waals surface area contributed by atoms with Crippen LogP contribution in [0.1, 0.15) is 106 Å². The second-order valence-electron chi connectivity index (χ2n) is 9.34. The van der Waals surface area contributed by atoms with Gasteiger partial charge in [-0.25, -0.2) is 0 Å². The largest absolute Gasteiger partial charge is 0.0683 e. The molecular formula is C23H44. The first-order valence-electron chi connectivity index (χ1n) is 11.0. The molecule has 3 saturated carbocycles. The average molecular weight is 321 g/mol. The van der Waals surface area contributed by atoms with Crippen molar-refractivity contribution < 1.29 is 0 Å². The molecule has 7 atom stereocenters. The molecule has 0 nitrogen and oxygen atoms in total. The summed E-state index contributed by atoms with van der Waals surface area (Å²) in [6.45, 7) is 16.7. The average Bonchev–Trinajstić information content (AvgIpc) is 2.85. The van der Waals surface area contributed by atoms with E-state index < -0.39 is 0 Å². The normalized spacial score (nSPS) is 48.9. The molecular weight excluding hydrogens is 276 g/mol. The van der Waals surface area contributed by atoms with Gasteiger partial charge in [-0.1, -0.05) is 61.3 Å². The van der Waals surface area contributed by atoms with Crippen molar-refractivity contribution in [2.45, 2.75) is 106 Å². The predicted molar refractivity (Wildman–Crippen MR) is 104 cm³/mol. The van der Waals surface area contributed by atoms with E-state index in [-0.39, 0.29) is 0 Å². The third-order valence-corrected chi connectivity index (χ3v) is 8.82. The zero-order valence-corrected chi connectivity index (χ0v) is 17.3. The van der Waals surface area contributed by atoms with Crippen LogP contribution in [0.4, 0.5) is 0 Å². The summed E-state index contributed by atoms with van der Waals surface area (Å²) < 4.78 is 0. The standard InChI is InChI=1S/C21H38.C2H6/c1-6-13-21(5)16(7-2)9-10-17-18-11-8-15(3)20(18,4)14-12-19(17)21;1-2/h15-19H,6-14H2,1-5H3;1-2H3.